The molecule has 292 valence electrons. The van der Waals surface area contributed by atoms with Crippen molar-refractivity contribution in [3.05, 3.63) is 80.0 Å². The number of imidazole rings is 1. The predicted octanol–water partition coefficient (Wildman–Crippen LogP) is -0.659. The quantitative estimate of drug-likeness (QED) is 0.0974. The van der Waals surface area contributed by atoms with Gasteiger partial charge in [0, 0.05) is 32.3 Å². The standard InChI is InChI=1S/C36H35N7O12S/c1-40-29-30(39-35(40)56(3,51)52)42(36(50)41(2)34(29)49)14-6-8-21-7-4-9-22(19-21)55-18-17-53-15-16-54-20-27(45)37-24-11-5-10-23-28(24)33(48)43(32(23)47)25-12-13-26(44)38-31(25)46/h4-5,7,9-11,19,25H,12-18,20H2,1-3H3,(H,37,45)(H,38,44,46). The lowest BCUT2D eigenvalue weighted by molar-refractivity contribution is -0.136. The zero-order valence-electron chi connectivity index (χ0n) is 30.3. The lowest BCUT2D eigenvalue weighted by Crippen LogP contribution is -2.54. The SMILES string of the molecule is Cn1c(=O)c2c(nc(S(C)(=O)=O)n2C)n(CC#Cc2cccc(OCCOCCOCC(=O)Nc3cccc4c3C(=O)N(C3CCC(=O)NC3=O)C4=O)c2)c1=O. The van der Waals surface area contributed by atoms with Crippen molar-refractivity contribution >= 4 is 56.2 Å². The number of rotatable bonds is 13. The number of carbonyl (C=O) groups is 5. The van der Waals surface area contributed by atoms with Crippen LogP contribution in [0.15, 0.2) is 57.2 Å². The van der Waals surface area contributed by atoms with Gasteiger partial charge in [-0.15, -0.1) is 0 Å². The van der Waals surface area contributed by atoms with E-state index in [2.05, 4.69) is 27.5 Å². The highest BCUT2D eigenvalue weighted by atomic mass is 32.2. The number of carbonyl (C=O) groups excluding carboxylic acids is 5. The fourth-order valence-electron chi connectivity index (χ4n) is 6.18. The Hall–Kier alpha value is -6.43. The van der Waals surface area contributed by atoms with E-state index in [9.17, 15) is 42.0 Å². The highest BCUT2D eigenvalue weighted by Gasteiger charge is 2.45. The minimum atomic E-state index is -3.79. The van der Waals surface area contributed by atoms with Crippen LogP contribution in [0, 0.1) is 11.8 Å². The second-order valence-electron chi connectivity index (χ2n) is 12.7. The molecule has 20 heteroatoms. The van der Waals surface area contributed by atoms with E-state index in [0.29, 0.717) is 11.3 Å². The number of hydrogen-bond donors (Lipinski definition) is 2. The summed E-state index contributed by atoms with van der Waals surface area (Å²) in [5, 5.41) is 4.36. The van der Waals surface area contributed by atoms with Gasteiger partial charge in [-0.05, 0) is 36.8 Å². The van der Waals surface area contributed by atoms with Crippen molar-refractivity contribution in [1.82, 2.24) is 28.9 Å². The maximum atomic E-state index is 13.2. The molecule has 6 rings (SSSR count). The molecule has 2 aliphatic rings. The molecular weight excluding hydrogens is 755 g/mol. The van der Waals surface area contributed by atoms with E-state index in [1.54, 1.807) is 24.3 Å². The minimum Gasteiger partial charge on any atom is -0.491 e. The molecule has 0 aliphatic carbocycles. The number of sulfone groups is 1. The molecule has 5 amide bonds. The first-order chi connectivity index (χ1) is 26.7. The molecule has 19 nitrogen and oxygen atoms in total. The van der Waals surface area contributed by atoms with Crippen LogP contribution in [0.1, 0.15) is 39.1 Å². The van der Waals surface area contributed by atoms with Crippen molar-refractivity contribution in [1.29, 1.82) is 0 Å². The van der Waals surface area contributed by atoms with Gasteiger partial charge in [-0.2, -0.15) is 4.98 Å². The van der Waals surface area contributed by atoms with Gasteiger partial charge >= 0.3 is 5.69 Å². The highest BCUT2D eigenvalue weighted by Crippen LogP contribution is 2.32. The summed E-state index contributed by atoms with van der Waals surface area (Å²) in [6, 6.07) is 10.1. The average Bonchev–Trinajstić information content (AvgIpc) is 3.63. The van der Waals surface area contributed by atoms with Gasteiger partial charge in [0.25, 0.3) is 17.4 Å². The monoisotopic (exact) mass is 789 g/mol. The fraction of sp³-hybridized carbons (Fsp3) is 0.333. The van der Waals surface area contributed by atoms with E-state index < -0.39 is 56.7 Å². The first-order valence-electron chi connectivity index (χ1n) is 17.0. The average molecular weight is 790 g/mol. The summed E-state index contributed by atoms with van der Waals surface area (Å²) in [5.41, 5.74) is -0.886. The molecule has 1 fully saturated rings. The van der Waals surface area contributed by atoms with Gasteiger partial charge in [-0.3, -0.25) is 48.1 Å². The third-order valence-electron chi connectivity index (χ3n) is 8.80. The van der Waals surface area contributed by atoms with Gasteiger partial charge in [0.1, 0.15) is 25.0 Å². The summed E-state index contributed by atoms with van der Waals surface area (Å²) in [5.74, 6) is 3.04. The van der Waals surface area contributed by atoms with Crippen LogP contribution in [0.4, 0.5) is 5.69 Å². The number of imide groups is 2. The Labute approximate surface area is 318 Å². The number of benzene rings is 2. The Morgan fingerprint density at radius 2 is 1.70 bits per heavy atom. The molecule has 2 aliphatic heterocycles. The number of anilines is 1. The summed E-state index contributed by atoms with van der Waals surface area (Å²) in [6.45, 7) is 0.00925. The van der Waals surface area contributed by atoms with Crippen molar-refractivity contribution < 1.29 is 46.6 Å². The van der Waals surface area contributed by atoms with Crippen LogP contribution >= 0.6 is 0 Å². The number of nitrogens with one attached hydrogen (secondary N) is 2. The van der Waals surface area contributed by atoms with Crippen LogP contribution in [0.5, 0.6) is 5.75 Å². The molecule has 4 heterocycles. The molecule has 2 aromatic carbocycles. The summed E-state index contributed by atoms with van der Waals surface area (Å²) < 4.78 is 44.2. The third-order valence-corrected chi connectivity index (χ3v) is 9.82. The predicted molar refractivity (Wildman–Crippen MR) is 196 cm³/mol. The number of piperidine rings is 1. The lowest BCUT2D eigenvalue weighted by Gasteiger charge is -2.27. The summed E-state index contributed by atoms with van der Waals surface area (Å²) in [6.07, 6.45) is 0.948. The molecule has 56 heavy (non-hydrogen) atoms. The third kappa shape index (κ3) is 8.00. The minimum absolute atomic E-state index is 0.00603. The van der Waals surface area contributed by atoms with E-state index in [0.717, 1.165) is 24.9 Å². The van der Waals surface area contributed by atoms with E-state index >= 15 is 0 Å². The Morgan fingerprint density at radius 3 is 2.45 bits per heavy atom. The van der Waals surface area contributed by atoms with E-state index in [4.69, 9.17) is 14.2 Å². The molecule has 0 radical (unpaired) electrons. The van der Waals surface area contributed by atoms with Crippen LogP contribution in [0.25, 0.3) is 11.2 Å². The van der Waals surface area contributed by atoms with Crippen LogP contribution in [0.3, 0.4) is 0 Å². The van der Waals surface area contributed by atoms with E-state index in [1.165, 1.54) is 32.3 Å². The van der Waals surface area contributed by atoms with Crippen molar-refractivity contribution in [2.75, 3.05) is 44.6 Å². The zero-order chi connectivity index (χ0) is 40.3. The summed E-state index contributed by atoms with van der Waals surface area (Å²) >= 11 is 0. The van der Waals surface area contributed by atoms with Crippen molar-refractivity contribution in [2.45, 2.75) is 30.6 Å². The maximum Gasteiger partial charge on any atom is 0.333 e. The molecular formula is C36H35N7O12S. The lowest BCUT2D eigenvalue weighted by atomic mass is 10.0. The van der Waals surface area contributed by atoms with Crippen LogP contribution in [-0.4, -0.2) is 107 Å². The maximum absolute atomic E-state index is 13.2. The normalized spacial score (nSPS) is 15.4. The number of aryl methyl sites for hydroxylation is 1. The molecule has 0 spiro atoms. The summed E-state index contributed by atoms with van der Waals surface area (Å²) in [7, 11) is -1.11. The van der Waals surface area contributed by atoms with Crippen LogP contribution < -0.4 is 26.6 Å². The molecule has 2 N–H and O–H groups in total. The van der Waals surface area contributed by atoms with E-state index in [1.807, 2.05) is 0 Å². The van der Waals surface area contributed by atoms with Gasteiger partial charge in [-0.1, -0.05) is 24.0 Å². The van der Waals surface area contributed by atoms with Gasteiger partial charge in [0.2, 0.25) is 32.7 Å². The second-order valence-corrected chi connectivity index (χ2v) is 14.6. The number of amides is 5. The number of ether oxygens (including phenoxy) is 3. The Kier molecular flexibility index (Phi) is 11.3. The second kappa shape index (κ2) is 16.1. The number of aromatic nitrogens is 4. The van der Waals surface area contributed by atoms with Crippen molar-refractivity contribution in [3.8, 4) is 17.6 Å². The number of hydrogen-bond acceptors (Lipinski definition) is 13. The first kappa shape index (κ1) is 39.3. The molecule has 0 saturated carbocycles. The highest BCUT2D eigenvalue weighted by molar-refractivity contribution is 7.90. The van der Waals surface area contributed by atoms with Gasteiger partial charge < -0.3 is 24.1 Å². The Morgan fingerprint density at radius 1 is 0.964 bits per heavy atom. The zero-order valence-corrected chi connectivity index (χ0v) is 31.1. The fourth-order valence-corrected chi connectivity index (χ4v) is 7.02. The Balaban J connectivity index is 0.942. The molecule has 1 saturated heterocycles. The number of nitrogens with zero attached hydrogens (tertiary/aromatic N) is 5. The first-order valence-corrected chi connectivity index (χ1v) is 18.9. The van der Waals surface area contributed by atoms with Gasteiger partial charge in [-0.25, -0.2) is 13.2 Å². The molecule has 1 unspecified atom stereocenters. The van der Waals surface area contributed by atoms with Gasteiger partial charge in [0.15, 0.2) is 11.2 Å². The molecule has 2 aromatic heterocycles. The van der Waals surface area contributed by atoms with Gasteiger partial charge in [0.05, 0.1) is 43.2 Å². The number of fused-ring (bicyclic) bond motifs is 2. The Bertz CT molecular complexity index is 2600. The molecule has 0 bridgehead atoms. The van der Waals surface area contributed by atoms with E-state index in [-0.39, 0.29) is 85.6 Å². The summed E-state index contributed by atoms with van der Waals surface area (Å²) in [4.78, 5) is 93.2. The largest absolute Gasteiger partial charge is 0.491 e. The van der Waals surface area contributed by atoms with Crippen molar-refractivity contribution in [2.24, 2.45) is 14.1 Å². The van der Waals surface area contributed by atoms with Crippen LogP contribution in [0.2, 0.25) is 0 Å². The molecule has 1 atom stereocenters. The smallest absolute Gasteiger partial charge is 0.333 e. The van der Waals surface area contributed by atoms with Crippen LogP contribution in [-0.2, 0) is 54.3 Å². The topological polar surface area (TPSA) is 236 Å². The molecule has 4 aromatic rings. The van der Waals surface area contributed by atoms with Crippen molar-refractivity contribution in [3.63, 3.8) is 0 Å².